The molecule has 0 aliphatic carbocycles. The number of imidazole rings is 1. The van der Waals surface area contributed by atoms with Gasteiger partial charge in [-0.3, -0.25) is 4.79 Å². The van der Waals surface area contributed by atoms with Crippen LogP contribution >= 0.6 is 0 Å². The molecule has 0 saturated carbocycles. The summed E-state index contributed by atoms with van der Waals surface area (Å²) in [5.74, 6) is 2.16. The van der Waals surface area contributed by atoms with E-state index in [2.05, 4.69) is 44.1 Å². The lowest BCUT2D eigenvalue weighted by atomic mass is 10.0. The van der Waals surface area contributed by atoms with Crippen molar-refractivity contribution in [3.8, 4) is 5.75 Å². The molecule has 0 radical (unpaired) electrons. The molecule has 1 aliphatic rings. The van der Waals surface area contributed by atoms with E-state index in [4.69, 9.17) is 4.74 Å². The van der Waals surface area contributed by atoms with Gasteiger partial charge in [-0.15, -0.1) is 0 Å². The van der Waals surface area contributed by atoms with E-state index >= 15 is 0 Å². The maximum Gasteiger partial charge on any atom is 0.243 e. The minimum Gasteiger partial charge on any atom is -0.487 e. The molecule has 2 aromatic rings. The van der Waals surface area contributed by atoms with Crippen molar-refractivity contribution in [3.63, 3.8) is 0 Å². The van der Waals surface area contributed by atoms with Crippen molar-refractivity contribution in [1.29, 1.82) is 0 Å². The van der Waals surface area contributed by atoms with Crippen molar-refractivity contribution in [2.45, 2.75) is 65.1 Å². The summed E-state index contributed by atoms with van der Waals surface area (Å²) in [6.45, 7) is 10.8. The predicted molar refractivity (Wildman–Crippen MR) is 97.7 cm³/mol. The van der Waals surface area contributed by atoms with Gasteiger partial charge in [0.1, 0.15) is 23.2 Å². The van der Waals surface area contributed by atoms with Crippen LogP contribution in [-0.2, 0) is 17.8 Å². The van der Waals surface area contributed by atoms with Gasteiger partial charge in [0.25, 0.3) is 0 Å². The third-order valence-corrected chi connectivity index (χ3v) is 4.61. The van der Waals surface area contributed by atoms with Crippen molar-refractivity contribution in [3.05, 3.63) is 47.5 Å². The zero-order valence-corrected chi connectivity index (χ0v) is 15.7. The van der Waals surface area contributed by atoms with Gasteiger partial charge in [-0.1, -0.05) is 26.0 Å². The molecule has 5 nitrogen and oxygen atoms in total. The van der Waals surface area contributed by atoms with Crippen LogP contribution in [-0.4, -0.2) is 21.1 Å². The summed E-state index contributed by atoms with van der Waals surface area (Å²) in [7, 11) is 0. The molecular weight excluding hydrogens is 314 g/mol. The Morgan fingerprint density at radius 1 is 1.36 bits per heavy atom. The molecule has 25 heavy (non-hydrogen) atoms. The Hall–Kier alpha value is -2.30. The van der Waals surface area contributed by atoms with E-state index < -0.39 is 0 Å². The highest BCUT2D eigenvalue weighted by atomic mass is 16.5. The predicted octanol–water partition coefficient (Wildman–Crippen LogP) is 3.60. The summed E-state index contributed by atoms with van der Waals surface area (Å²) in [5.41, 5.74) is 2.16. The quantitative estimate of drug-likeness (QED) is 0.904. The highest BCUT2D eigenvalue weighted by Crippen LogP contribution is 2.35. The Balaban J connectivity index is 1.64. The molecule has 2 heterocycles. The molecule has 1 aromatic carbocycles. The van der Waals surface area contributed by atoms with Crippen molar-refractivity contribution in [2.75, 3.05) is 0 Å². The summed E-state index contributed by atoms with van der Waals surface area (Å²) in [5, 5.41) is 3.04. The van der Waals surface area contributed by atoms with E-state index in [1.165, 1.54) is 5.56 Å². The lowest BCUT2D eigenvalue weighted by molar-refractivity contribution is -0.124. The number of hydrogen-bond donors (Lipinski definition) is 1. The molecule has 5 heteroatoms. The molecular formula is C20H27N3O2. The first-order chi connectivity index (χ1) is 11.8. The van der Waals surface area contributed by atoms with E-state index in [0.717, 1.165) is 23.6 Å². The lowest BCUT2D eigenvalue weighted by Crippen LogP contribution is -2.31. The normalized spacial score (nSPS) is 16.4. The van der Waals surface area contributed by atoms with Crippen molar-refractivity contribution in [1.82, 2.24) is 14.9 Å². The minimum atomic E-state index is -0.281. The number of nitrogens with one attached hydrogen (secondary N) is 1. The van der Waals surface area contributed by atoms with Gasteiger partial charge in [0.2, 0.25) is 5.91 Å². The van der Waals surface area contributed by atoms with Crippen LogP contribution in [0.15, 0.2) is 30.6 Å². The fourth-order valence-corrected chi connectivity index (χ4v) is 3.34. The average molecular weight is 341 g/mol. The number of hydrogen-bond acceptors (Lipinski definition) is 3. The second-order valence-electron chi connectivity index (χ2n) is 7.72. The Labute approximate surface area is 149 Å². The van der Waals surface area contributed by atoms with Crippen LogP contribution in [0.25, 0.3) is 0 Å². The first kappa shape index (κ1) is 17.5. The molecule has 1 aliphatic heterocycles. The van der Waals surface area contributed by atoms with Crippen LogP contribution < -0.4 is 10.1 Å². The fraction of sp³-hybridized carbons (Fsp3) is 0.500. The molecule has 0 fully saturated rings. The molecule has 0 bridgehead atoms. The van der Waals surface area contributed by atoms with Crippen molar-refractivity contribution in [2.24, 2.45) is 0 Å². The van der Waals surface area contributed by atoms with Gasteiger partial charge in [-0.25, -0.2) is 4.98 Å². The van der Waals surface area contributed by atoms with E-state index in [-0.39, 0.29) is 23.5 Å². The molecule has 0 spiro atoms. The average Bonchev–Trinajstić information content (AvgIpc) is 3.13. The van der Waals surface area contributed by atoms with Crippen LogP contribution in [0.1, 0.15) is 63.5 Å². The number of fused-ring (bicyclic) bond motifs is 1. The Kier molecular flexibility index (Phi) is 4.58. The van der Waals surface area contributed by atoms with Gasteiger partial charge in [-0.05, 0) is 38.0 Å². The number of carbonyl (C=O) groups is 1. The Morgan fingerprint density at radius 2 is 2.12 bits per heavy atom. The van der Waals surface area contributed by atoms with Gasteiger partial charge in [-0.2, -0.15) is 0 Å². The number of aromatic nitrogens is 2. The molecule has 1 aromatic heterocycles. The lowest BCUT2D eigenvalue weighted by Gasteiger charge is -2.18. The first-order valence-electron chi connectivity index (χ1n) is 8.88. The maximum atomic E-state index is 12.5. The van der Waals surface area contributed by atoms with E-state index in [9.17, 15) is 4.79 Å². The third kappa shape index (κ3) is 3.70. The third-order valence-electron chi connectivity index (χ3n) is 4.61. The number of carbonyl (C=O) groups excluding carboxylic acids is 1. The molecule has 0 unspecified atom stereocenters. The Bertz CT molecular complexity index is 777. The number of rotatable bonds is 5. The molecule has 1 atom stereocenters. The smallest absolute Gasteiger partial charge is 0.243 e. The number of nitrogens with zero attached hydrogens (tertiary/aromatic N) is 2. The zero-order chi connectivity index (χ0) is 18.2. The summed E-state index contributed by atoms with van der Waals surface area (Å²) in [6.07, 6.45) is 4.52. The fourth-order valence-electron chi connectivity index (χ4n) is 3.34. The highest BCUT2D eigenvalue weighted by molar-refractivity contribution is 5.80. The van der Waals surface area contributed by atoms with Gasteiger partial charge < -0.3 is 14.6 Å². The summed E-state index contributed by atoms with van der Waals surface area (Å²) in [6, 6.07) is 5.87. The number of amides is 1. The maximum absolute atomic E-state index is 12.5. The minimum absolute atomic E-state index is 0.00280. The van der Waals surface area contributed by atoms with Crippen molar-refractivity contribution >= 4 is 5.91 Å². The molecule has 1 amide bonds. The zero-order valence-electron chi connectivity index (χ0n) is 15.7. The summed E-state index contributed by atoms with van der Waals surface area (Å²) < 4.78 is 7.84. The SMILES string of the molecule is CC(C)c1nccn1[C@H](C)C(=O)NCc1ccc2c(c1)CC(C)(C)O2. The van der Waals surface area contributed by atoms with Crippen molar-refractivity contribution < 1.29 is 9.53 Å². The van der Waals surface area contributed by atoms with Crippen LogP contribution in [0.5, 0.6) is 5.75 Å². The highest BCUT2D eigenvalue weighted by Gasteiger charge is 2.30. The second kappa shape index (κ2) is 6.54. The van der Waals surface area contributed by atoms with Gasteiger partial charge in [0.15, 0.2) is 0 Å². The monoisotopic (exact) mass is 341 g/mol. The number of ether oxygens (including phenoxy) is 1. The molecule has 0 saturated heterocycles. The summed E-state index contributed by atoms with van der Waals surface area (Å²) in [4.78, 5) is 16.9. The largest absolute Gasteiger partial charge is 0.487 e. The van der Waals surface area contributed by atoms with Crippen LogP contribution in [0, 0.1) is 0 Å². The topological polar surface area (TPSA) is 56.2 Å². The first-order valence-corrected chi connectivity index (χ1v) is 8.88. The van der Waals surface area contributed by atoms with Gasteiger partial charge >= 0.3 is 0 Å². The van der Waals surface area contributed by atoms with Gasteiger partial charge in [0, 0.05) is 31.3 Å². The molecule has 134 valence electrons. The Morgan fingerprint density at radius 3 is 2.84 bits per heavy atom. The van der Waals surface area contributed by atoms with Crippen LogP contribution in [0.4, 0.5) is 0 Å². The second-order valence-corrected chi connectivity index (χ2v) is 7.72. The van der Waals surface area contributed by atoms with Crippen LogP contribution in [0.2, 0.25) is 0 Å². The summed E-state index contributed by atoms with van der Waals surface area (Å²) >= 11 is 0. The van der Waals surface area contributed by atoms with E-state index in [1.807, 2.05) is 29.8 Å². The van der Waals surface area contributed by atoms with E-state index in [0.29, 0.717) is 6.54 Å². The van der Waals surface area contributed by atoms with Gasteiger partial charge in [0.05, 0.1) is 0 Å². The van der Waals surface area contributed by atoms with E-state index in [1.54, 1.807) is 6.20 Å². The standard InChI is InChI=1S/C20H27N3O2/c1-13(2)18-21-8-9-23(18)14(3)19(24)22-12-15-6-7-17-16(10-15)11-20(4,5)25-17/h6-10,13-14H,11-12H2,1-5H3,(H,22,24)/t14-/m1/s1. The molecule has 3 rings (SSSR count). The molecule has 1 N–H and O–H groups in total. The van der Waals surface area contributed by atoms with Crippen LogP contribution in [0.3, 0.4) is 0 Å². The number of benzene rings is 1.